The van der Waals surface area contributed by atoms with Gasteiger partial charge in [0.05, 0.1) is 29.6 Å². The first-order valence-electron chi connectivity index (χ1n) is 14.7. The summed E-state index contributed by atoms with van der Waals surface area (Å²) in [7, 11) is 1.85. The number of hydrogen-bond donors (Lipinski definition) is 1. The second kappa shape index (κ2) is 11.9. The lowest BCUT2D eigenvalue weighted by Crippen LogP contribution is -2.56. The number of amides is 1. The summed E-state index contributed by atoms with van der Waals surface area (Å²) in [4.78, 5) is 30.4. The second-order valence-electron chi connectivity index (χ2n) is 12.0. The predicted octanol–water partition coefficient (Wildman–Crippen LogP) is 5.49. The highest BCUT2D eigenvalue weighted by molar-refractivity contribution is 5.88. The van der Waals surface area contributed by atoms with Crippen LogP contribution in [0.15, 0.2) is 54.9 Å². The van der Waals surface area contributed by atoms with Crippen LogP contribution >= 0.6 is 0 Å². The zero-order chi connectivity index (χ0) is 31.7. The lowest BCUT2D eigenvalue weighted by Gasteiger charge is -2.41. The Morgan fingerprint density at radius 3 is 2.71 bits per heavy atom. The minimum Gasteiger partial charge on any atom is -0.457 e. The number of hydrogen-bond acceptors (Lipinski definition) is 11. The molecule has 0 aliphatic carbocycles. The molecule has 0 radical (unpaired) electrons. The van der Waals surface area contributed by atoms with Gasteiger partial charge in [0.1, 0.15) is 40.3 Å². The van der Waals surface area contributed by atoms with Crippen molar-refractivity contribution in [2.24, 2.45) is 7.05 Å². The van der Waals surface area contributed by atoms with E-state index in [0.717, 1.165) is 22.3 Å². The number of nitrogens with zero attached hydrogens (tertiary/aromatic N) is 9. The van der Waals surface area contributed by atoms with Gasteiger partial charge in [-0.3, -0.25) is 0 Å². The van der Waals surface area contributed by atoms with Crippen LogP contribution in [0.5, 0.6) is 11.5 Å². The van der Waals surface area contributed by atoms with Gasteiger partial charge in [0, 0.05) is 38.4 Å². The molecule has 5 aromatic rings. The molecule has 1 N–H and O–H groups in total. The molecule has 0 saturated carbocycles. The van der Waals surface area contributed by atoms with Crippen molar-refractivity contribution in [1.82, 2.24) is 34.8 Å². The first kappa shape index (κ1) is 29.6. The van der Waals surface area contributed by atoms with Gasteiger partial charge in [0.2, 0.25) is 0 Å². The minimum absolute atomic E-state index is 0.188. The molecular weight excluding hydrogens is 572 g/mol. The van der Waals surface area contributed by atoms with Crippen LogP contribution < -0.4 is 15.0 Å². The quantitative estimate of drug-likeness (QED) is 0.262. The zero-order valence-electron chi connectivity index (χ0n) is 25.9. The van der Waals surface area contributed by atoms with Gasteiger partial charge in [-0.05, 0) is 75.7 Å². The van der Waals surface area contributed by atoms with Gasteiger partial charge < -0.3 is 24.6 Å². The Bertz CT molecular complexity index is 1930. The van der Waals surface area contributed by atoms with Crippen LogP contribution in [-0.2, 0) is 11.8 Å². The average molecular weight is 607 g/mol. The van der Waals surface area contributed by atoms with Crippen molar-refractivity contribution in [2.75, 3.05) is 29.9 Å². The SMILES string of the molecule is Cc1cc(Nc2ncnc3ccc(N4CCN(C(=O)OC(C)(C)C)[C@H](CC#N)C4)nc23)ccc1Oc1ccc2c(c1)nnn2C. The number of nitriles is 1. The van der Waals surface area contributed by atoms with E-state index in [1.54, 1.807) is 9.58 Å². The number of rotatable bonds is 6. The molecule has 1 aliphatic rings. The number of anilines is 3. The van der Waals surface area contributed by atoms with Gasteiger partial charge in [-0.15, -0.1) is 5.10 Å². The topological polar surface area (TPSA) is 147 Å². The average Bonchev–Trinajstić information content (AvgIpc) is 3.37. The number of aryl methyl sites for hydroxylation is 2. The maximum absolute atomic E-state index is 12.8. The normalized spacial score (nSPS) is 15.2. The van der Waals surface area contributed by atoms with Gasteiger partial charge >= 0.3 is 6.09 Å². The molecule has 1 aliphatic heterocycles. The van der Waals surface area contributed by atoms with Crippen molar-refractivity contribution >= 4 is 45.5 Å². The lowest BCUT2D eigenvalue weighted by molar-refractivity contribution is 0.0145. The van der Waals surface area contributed by atoms with E-state index in [1.807, 2.05) is 83.3 Å². The largest absolute Gasteiger partial charge is 0.457 e. The first-order valence-corrected chi connectivity index (χ1v) is 14.7. The van der Waals surface area contributed by atoms with Crippen molar-refractivity contribution in [3.63, 3.8) is 0 Å². The molecule has 0 unspecified atom stereocenters. The van der Waals surface area contributed by atoms with Crippen LogP contribution in [0.25, 0.3) is 22.1 Å². The number of piperazine rings is 1. The summed E-state index contributed by atoms with van der Waals surface area (Å²) in [6, 6.07) is 17.2. The van der Waals surface area contributed by atoms with Crippen molar-refractivity contribution in [2.45, 2.75) is 45.8 Å². The van der Waals surface area contributed by atoms with E-state index in [0.29, 0.717) is 53.8 Å². The molecule has 4 heterocycles. The van der Waals surface area contributed by atoms with Crippen LogP contribution in [0, 0.1) is 18.3 Å². The number of carbonyl (C=O) groups excluding carboxylic acids is 1. The molecule has 3 aromatic heterocycles. The van der Waals surface area contributed by atoms with Gasteiger partial charge in [-0.25, -0.2) is 24.4 Å². The third-order valence-corrected chi connectivity index (χ3v) is 7.48. The van der Waals surface area contributed by atoms with E-state index >= 15 is 0 Å². The molecule has 0 spiro atoms. The van der Waals surface area contributed by atoms with E-state index in [4.69, 9.17) is 14.5 Å². The fraction of sp³-hybridized carbons (Fsp3) is 0.344. The molecule has 13 nitrogen and oxygen atoms in total. The first-order chi connectivity index (χ1) is 21.6. The number of benzene rings is 2. The Morgan fingerprint density at radius 2 is 1.93 bits per heavy atom. The molecule has 13 heteroatoms. The number of nitrogens with one attached hydrogen (secondary N) is 1. The number of carbonyl (C=O) groups is 1. The van der Waals surface area contributed by atoms with E-state index in [2.05, 4.69) is 36.6 Å². The molecule has 230 valence electrons. The third-order valence-electron chi connectivity index (χ3n) is 7.48. The Hall–Kier alpha value is -5.51. The Morgan fingerprint density at radius 1 is 1.09 bits per heavy atom. The number of aromatic nitrogens is 6. The fourth-order valence-corrected chi connectivity index (χ4v) is 5.29. The molecule has 2 aromatic carbocycles. The van der Waals surface area contributed by atoms with Gasteiger partial charge in [-0.2, -0.15) is 5.26 Å². The Kier molecular flexibility index (Phi) is 7.80. The van der Waals surface area contributed by atoms with E-state index in [9.17, 15) is 10.1 Å². The van der Waals surface area contributed by atoms with Crippen LogP contribution in [0.4, 0.5) is 22.1 Å². The lowest BCUT2D eigenvalue weighted by atomic mass is 10.1. The van der Waals surface area contributed by atoms with Crippen LogP contribution in [0.1, 0.15) is 32.8 Å². The number of pyridine rings is 1. The van der Waals surface area contributed by atoms with Gasteiger partial charge in [0.25, 0.3) is 0 Å². The summed E-state index contributed by atoms with van der Waals surface area (Å²) in [5.41, 5.74) is 4.11. The number of fused-ring (bicyclic) bond motifs is 2. The zero-order valence-corrected chi connectivity index (χ0v) is 25.9. The minimum atomic E-state index is -0.618. The van der Waals surface area contributed by atoms with Gasteiger partial charge in [-0.1, -0.05) is 5.21 Å². The van der Waals surface area contributed by atoms with E-state index < -0.39 is 11.7 Å². The van der Waals surface area contributed by atoms with Crippen molar-refractivity contribution in [3.05, 3.63) is 60.4 Å². The molecule has 1 atom stereocenters. The summed E-state index contributed by atoms with van der Waals surface area (Å²) in [5.74, 6) is 2.67. The third kappa shape index (κ3) is 6.40. The predicted molar refractivity (Wildman–Crippen MR) is 170 cm³/mol. The summed E-state index contributed by atoms with van der Waals surface area (Å²) in [6.07, 6.45) is 1.28. The molecule has 1 fully saturated rings. The fourth-order valence-electron chi connectivity index (χ4n) is 5.29. The maximum atomic E-state index is 12.8. The van der Waals surface area contributed by atoms with Crippen molar-refractivity contribution in [3.8, 4) is 17.6 Å². The second-order valence-corrected chi connectivity index (χ2v) is 12.0. The van der Waals surface area contributed by atoms with E-state index in [-0.39, 0.29) is 12.5 Å². The Balaban J connectivity index is 1.20. The van der Waals surface area contributed by atoms with Gasteiger partial charge in [0.15, 0.2) is 5.82 Å². The highest BCUT2D eigenvalue weighted by Crippen LogP contribution is 2.31. The molecule has 0 bridgehead atoms. The standard InChI is InChI=1S/C32H34N10O3/c1-20-16-21(6-10-27(20)44-23-7-9-26-25(17-23)38-39-40(26)5)36-30-29-24(34-19-35-30)8-11-28(37-29)41-14-15-42(22(18-41)12-13-33)31(43)45-32(2,3)4/h6-11,16-17,19,22H,12,14-15,18H2,1-5H3,(H,34,35,36)/t22-/m1/s1. The summed E-state index contributed by atoms with van der Waals surface area (Å²) >= 11 is 0. The molecule has 1 amide bonds. The monoisotopic (exact) mass is 606 g/mol. The maximum Gasteiger partial charge on any atom is 0.410 e. The molecule has 1 saturated heterocycles. The summed E-state index contributed by atoms with van der Waals surface area (Å²) < 4.78 is 13.5. The van der Waals surface area contributed by atoms with Crippen molar-refractivity contribution < 1.29 is 14.3 Å². The van der Waals surface area contributed by atoms with Crippen LogP contribution in [-0.4, -0.2) is 72.2 Å². The molecule has 6 rings (SSSR count). The highest BCUT2D eigenvalue weighted by Gasteiger charge is 2.34. The van der Waals surface area contributed by atoms with Crippen molar-refractivity contribution in [1.29, 1.82) is 5.26 Å². The summed E-state index contributed by atoms with van der Waals surface area (Å²) in [5, 5.41) is 21.1. The van der Waals surface area contributed by atoms with Crippen LogP contribution in [0.2, 0.25) is 0 Å². The molecular formula is C32H34N10O3. The Labute approximate surface area is 260 Å². The molecule has 45 heavy (non-hydrogen) atoms. The number of ether oxygens (including phenoxy) is 2. The summed E-state index contributed by atoms with van der Waals surface area (Å²) in [6.45, 7) is 8.88. The highest BCUT2D eigenvalue weighted by atomic mass is 16.6. The van der Waals surface area contributed by atoms with E-state index in [1.165, 1.54) is 6.33 Å². The smallest absolute Gasteiger partial charge is 0.410 e. The van der Waals surface area contributed by atoms with Crippen LogP contribution in [0.3, 0.4) is 0 Å².